The lowest BCUT2D eigenvalue weighted by Crippen LogP contribution is -2.23. The van der Waals surface area contributed by atoms with Crippen molar-refractivity contribution in [3.05, 3.63) is 59.2 Å². The summed E-state index contributed by atoms with van der Waals surface area (Å²) in [7, 11) is 1.53. The second-order valence-corrected chi connectivity index (χ2v) is 6.37. The number of benzene rings is 2. The van der Waals surface area contributed by atoms with Crippen LogP contribution in [0.15, 0.2) is 42.5 Å². The van der Waals surface area contributed by atoms with Gasteiger partial charge in [-0.25, -0.2) is 0 Å². The molecule has 1 amide bonds. The number of likely N-dealkylation sites (tertiary alicyclic amines) is 1. The third-order valence-electron chi connectivity index (χ3n) is 4.53. The summed E-state index contributed by atoms with van der Waals surface area (Å²) >= 11 is 0. The van der Waals surface area contributed by atoms with Crippen LogP contribution in [0, 0.1) is 0 Å². The standard InChI is InChI=1S/C20H24N2O3/c1-25-17-8-9-19(23)18(12-17)20(24)21-13-15-4-6-16(7-5-15)14-22-10-2-3-11-22/h4-9,12,23H,2-3,10-11,13-14H2,1H3,(H,21,24). The maximum atomic E-state index is 12.3. The highest BCUT2D eigenvalue weighted by Crippen LogP contribution is 2.22. The van der Waals surface area contributed by atoms with E-state index in [1.54, 1.807) is 6.07 Å². The van der Waals surface area contributed by atoms with Crippen molar-refractivity contribution in [3.8, 4) is 11.5 Å². The number of aromatic hydroxyl groups is 1. The number of nitrogens with zero attached hydrogens (tertiary/aromatic N) is 1. The minimum absolute atomic E-state index is 0.0562. The molecule has 0 atom stereocenters. The van der Waals surface area contributed by atoms with Gasteiger partial charge in [0.25, 0.3) is 5.91 Å². The molecule has 2 aromatic rings. The van der Waals surface area contributed by atoms with Gasteiger partial charge in [0.15, 0.2) is 0 Å². The summed E-state index contributed by atoms with van der Waals surface area (Å²) in [5.74, 6) is 0.158. The van der Waals surface area contributed by atoms with Crippen LogP contribution in [0.3, 0.4) is 0 Å². The predicted molar refractivity (Wildman–Crippen MR) is 96.8 cm³/mol. The van der Waals surface area contributed by atoms with Gasteiger partial charge in [-0.2, -0.15) is 0 Å². The summed E-state index contributed by atoms with van der Waals surface area (Å²) in [5, 5.41) is 12.7. The first-order valence-corrected chi connectivity index (χ1v) is 8.61. The van der Waals surface area contributed by atoms with Crippen molar-refractivity contribution in [2.75, 3.05) is 20.2 Å². The zero-order chi connectivity index (χ0) is 17.6. The van der Waals surface area contributed by atoms with Crippen LogP contribution in [0.4, 0.5) is 0 Å². The predicted octanol–water partition coefficient (Wildman–Crippen LogP) is 2.93. The SMILES string of the molecule is COc1ccc(O)c(C(=O)NCc2ccc(CN3CCCC3)cc2)c1. The Morgan fingerprint density at radius 2 is 1.80 bits per heavy atom. The fourth-order valence-corrected chi connectivity index (χ4v) is 3.06. The minimum Gasteiger partial charge on any atom is -0.507 e. The van der Waals surface area contributed by atoms with Gasteiger partial charge in [-0.3, -0.25) is 9.69 Å². The van der Waals surface area contributed by atoms with Gasteiger partial charge in [0.2, 0.25) is 0 Å². The molecule has 25 heavy (non-hydrogen) atoms. The van der Waals surface area contributed by atoms with Gasteiger partial charge in [-0.1, -0.05) is 24.3 Å². The molecule has 0 aromatic heterocycles. The molecule has 0 spiro atoms. The third kappa shape index (κ3) is 4.51. The molecule has 132 valence electrons. The highest BCUT2D eigenvalue weighted by atomic mass is 16.5. The highest BCUT2D eigenvalue weighted by molar-refractivity contribution is 5.97. The molecule has 0 radical (unpaired) electrons. The number of carbonyl (C=O) groups excluding carboxylic acids is 1. The summed E-state index contributed by atoms with van der Waals surface area (Å²) < 4.78 is 5.10. The van der Waals surface area contributed by atoms with Gasteiger partial charge >= 0.3 is 0 Å². The number of hydrogen-bond acceptors (Lipinski definition) is 4. The Morgan fingerprint density at radius 3 is 2.48 bits per heavy atom. The van der Waals surface area contributed by atoms with Crippen molar-refractivity contribution in [2.45, 2.75) is 25.9 Å². The average Bonchev–Trinajstić information content (AvgIpc) is 3.14. The van der Waals surface area contributed by atoms with Crippen LogP contribution >= 0.6 is 0 Å². The smallest absolute Gasteiger partial charge is 0.255 e. The van der Waals surface area contributed by atoms with Crippen LogP contribution < -0.4 is 10.1 Å². The van der Waals surface area contributed by atoms with E-state index in [1.165, 1.54) is 50.7 Å². The Balaban J connectivity index is 1.56. The van der Waals surface area contributed by atoms with Gasteiger partial charge < -0.3 is 15.2 Å². The third-order valence-corrected chi connectivity index (χ3v) is 4.53. The lowest BCUT2D eigenvalue weighted by Gasteiger charge is -2.14. The molecule has 0 aliphatic carbocycles. The molecule has 0 saturated carbocycles. The van der Waals surface area contributed by atoms with Gasteiger partial charge in [-0.05, 0) is 55.3 Å². The molecule has 0 unspecified atom stereocenters. The number of hydrogen-bond donors (Lipinski definition) is 2. The molecule has 5 nitrogen and oxygen atoms in total. The molecule has 3 rings (SSSR count). The van der Waals surface area contributed by atoms with Crippen molar-refractivity contribution in [1.82, 2.24) is 10.2 Å². The molecule has 1 saturated heterocycles. The molecule has 1 aliphatic rings. The van der Waals surface area contributed by atoms with E-state index in [9.17, 15) is 9.90 Å². The first-order valence-electron chi connectivity index (χ1n) is 8.61. The van der Waals surface area contributed by atoms with Crippen molar-refractivity contribution in [3.63, 3.8) is 0 Å². The Morgan fingerprint density at radius 1 is 1.12 bits per heavy atom. The zero-order valence-electron chi connectivity index (χ0n) is 14.5. The van der Waals surface area contributed by atoms with Crippen molar-refractivity contribution >= 4 is 5.91 Å². The molecule has 1 fully saturated rings. The molecule has 2 aromatic carbocycles. The zero-order valence-corrected chi connectivity index (χ0v) is 14.5. The molecule has 1 heterocycles. The molecule has 0 bridgehead atoms. The van der Waals surface area contributed by atoms with Crippen molar-refractivity contribution in [2.24, 2.45) is 0 Å². The average molecular weight is 340 g/mol. The highest BCUT2D eigenvalue weighted by Gasteiger charge is 2.13. The largest absolute Gasteiger partial charge is 0.507 e. The topological polar surface area (TPSA) is 61.8 Å². The lowest BCUT2D eigenvalue weighted by molar-refractivity contribution is 0.0948. The maximum absolute atomic E-state index is 12.3. The van der Waals surface area contributed by atoms with E-state index in [2.05, 4.69) is 22.3 Å². The van der Waals surface area contributed by atoms with E-state index in [0.717, 1.165) is 12.1 Å². The number of ether oxygens (including phenoxy) is 1. The number of phenolic OH excluding ortho intramolecular Hbond substituents is 1. The van der Waals surface area contributed by atoms with Crippen LogP contribution in [0.1, 0.15) is 34.3 Å². The van der Waals surface area contributed by atoms with Crippen LogP contribution in [-0.2, 0) is 13.1 Å². The normalized spacial score (nSPS) is 14.4. The second kappa shape index (κ2) is 8.03. The number of phenols is 1. The van der Waals surface area contributed by atoms with Gasteiger partial charge in [0.1, 0.15) is 11.5 Å². The van der Waals surface area contributed by atoms with Crippen molar-refractivity contribution in [1.29, 1.82) is 0 Å². The maximum Gasteiger partial charge on any atom is 0.255 e. The van der Waals surface area contributed by atoms with Crippen LogP contribution in [0.25, 0.3) is 0 Å². The number of rotatable bonds is 6. The number of amides is 1. The summed E-state index contributed by atoms with van der Waals surface area (Å²) in [4.78, 5) is 14.7. The van der Waals surface area contributed by atoms with E-state index in [1.807, 2.05) is 12.1 Å². The molecular formula is C20H24N2O3. The van der Waals surface area contributed by atoms with E-state index < -0.39 is 0 Å². The summed E-state index contributed by atoms with van der Waals surface area (Å²) in [6.07, 6.45) is 2.59. The Hall–Kier alpha value is -2.53. The van der Waals surface area contributed by atoms with Crippen LogP contribution in [0.2, 0.25) is 0 Å². The summed E-state index contributed by atoms with van der Waals surface area (Å²) in [6.45, 7) is 3.77. The van der Waals surface area contributed by atoms with Crippen LogP contribution in [0.5, 0.6) is 11.5 Å². The quantitative estimate of drug-likeness (QED) is 0.849. The number of carbonyl (C=O) groups is 1. The van der Waals surface area contributed by atoms with Crippen molar-refractivity contribution < 1.29 is 14.6 Å². The minimum atomic E-state index is -0.322. The summed E-state index contributed by atoms with van der Waals surface area (Å²) in [6, 6.07) is 12.9. The van der Waals surface area contributed by atoms with E-state index in [0.29, 0.717) is 12.3 Å². The van der Waals surface area contributed by atoms with E-state index >= 15 is 0 Å². The van der Waals surface area contributed by atoms with E-state index in [4.69, 9.17) is 4.74 Å². The van der Waals surface area contributed by atoms with Gasteiger partial charge in [0.05, 0.1) is 12.7 Å². The van der Waals surface area contributed by atoms with Gasteiger partial charge in [-0.15, -0.1) is 0 Å². The second-order valence-electron chi connectivity index (χ2n) is 6.37. The Bertz CT molecular complexity index is 722. The molecule has 1 aliphatic heterocycles. The molecule has 5 heteroatoms. The van der Waals surface area contributed by atoms with Crippen LogP contribution in [-0.4, -0.2) is 36.1 Å². The monoisotopic (exact) mass is 340 g/mol. The number of nitrogens with one attached hydrogen (secondary N) is 1. The first-order chi connectivity index (χ1) is 12.2. The molecule has 2 N–H and O–H groups in total. The van der Waals surface area contributed by atoms with Gasteiger partial charge in [0, 0.05) is 13.1 Å². The Labute approximate surface area is 148 Å². The fourth-order valence-electron chi connectivity index (χ4n) is 3.06. The molecular weight excluding hydrogens is 316 g/mol. The lowest BCUT2D eigenvalue weighted by atomic mass is 10.1. The van der Waals surface area contributed by atoms with E-state index in [-0.39, 0.29) is 17.2 Å². The first kappa shape index (κ1) is 17.3. The number of methoxy groups -OCH3 is 1. The summed E-state index contributed by atoms with van der Waals surface area (Å²) in [5.41, 5.74) is 2.54. The fraction of sp³-hybridized carbons (Fsp3) is 0.350. The Kier molecular flexibility index (Phi) is 5.56.